The standard InChI is InChI=1S/C19H17NO3/c1-2-7-20-10-19(13-5-3-4-6-15(13)20)11-21-16-9-18-17(8-14(16)19)22-12-23-18/h2-6,8-9H,1,7,10-12H2. The third kappa shape index (κ3) is 1.61. The van der Waals surface area contributed by atoms with E-state index < -0.39 is 0 Å². The van der Waals surface area contributed by atoms with Gasteiger partial charge in [-0.3, -0.25) is 0 Å². The van der Waals surface area contributed by atoms with Gasteiger partial charge >= 0.3 is 0 Å². The maximum absolute atomic E-state index is 6.06. The van der Waals surface area contributed by atoms with Crippen LogP contribution >= 0.6 is 0 Å². The first-order valence-electron chi connectivity index (χ1n) is 7.84. The molecule has 1 unspecified atom stereocenters. The zero-order valence-corrected chi connectivity index (χ0v) is 12.7. The second kappa shape index (κ2) is 4.44. The van der Waals surface area contributed by atoms with Crippen molar-refractivity contribution in [3.8, 4) is 17.2 Å². The fourth-order valence-electron chi connectivity index (χ4n) is 4.02. The Kier molecular flexibility index (Phi) is 2.49. The molecule has 1 spiro atoms. The molecule has 3 aliphatic heterocycles. The lowest BCUT2D eigenvalue weighted by molar-refractivity contribution is 0.173. The maximum atomic E-state index is 6.06. The third-order valence-electron chi connectivity index (χ3n) is 5.03. The molecule has 0 amide bonds. The molecule has 5 rings (SSSR count). The molecule has 23 heavy (non-hydrogen) atoms. The number of fused-ring (bicyclic) bond motifs is 5. The van der Waals surface area contributed by atoms with Gasteiger partial charge in [-0.2, -0.15) is 0 Å². The summed E-state index contributed by atoms with van der Waals surface area (Å²) in [6.07, 6.45) is 1.95. The molecule has 4 heteroatoms. The number of para-hydroxylation sites is 1. The van der Waals surface area contributed by atoms with Crippen molar-refractivity contribution in [2.45, 2.75) is 5.41 Å². The Morgan fingerprint density at radius 3 is 2.74 bits per heavy atom. The summed E-state index contributed by atoms with van der Waals surface area (Å²) in [6.45, 7) is 6.55. The van der Waals surface area contributed by atoms with E-state index in [1.807, 2.05) is 12.1 Å². The normalized spacial score (nSPS) is 22.9. The van der Waals surface area contributed by atoms with E-state index in [-0.39, 0.29) is 12.2 Å². The Bertz CT molecular complexity index is 816. The van der Waals surface area contributed by atoms with E-state index in [9.17, 15) is 0 Å². The van der Waals surface area contributed by atoms with Crippen LogP contribution < -0.4 is 19.1 Å². The van der Waals surface area contributed by atoms with Gasteiger partial charge in [0.2, 0.25) is 6.79 Å². The average molecular weight is 307 g/mol. The Morgan fingerprint density at radius 1 is 1.04 bits per heavy atom. The summed E-state index contributed by atoms with van der Waals surface area (Å²) in [6, 6.07) is 12.6. The zero-order valence-electron chi connectivity index (χ0n) is 12.7. The molecule has 0 radical (unpaired) electrons. The van der Waals surface area contributed by atoms with E-state index >= 15 is 0 Å². The van der Waals surface area contributed by atoms with E-state index in [1.54, 1.807) is 0 Å². The first-order chi connectivity index (χ1) is 11.3. The van der Waals surface area contributed by atoms with Crippen LogP contribution in [0.15, 0.2) is 49.1 Å². The number of nitrogens with zero attached hydrogens (tertiary/aromatic N) is 1. The molecule has 0 aromatic heterocycles. The van der Waals surface area contributed by atoms with Crippen molar-refractivity contribution in [1.29, 1.82) is 0 Å². The molecule has 2 aromatic carbocycles. The highest BCUT2D eigenvalue weighted by Gasteiger charge is 2.50. The lowest BCUT2D eigenvalue weighted by atomic mass is 9.77. The van der Waals surface area contributed by atoms with Crippen LogP contribution in [0.25, 0.3) is 0 Å². The van der Waals surface area contributed by atoms with Gasteiger partial charge in [0.1, 0.15) is 12.4 Å². The predicted molar refractivity (Wildman–Crippen MR) is 87.7 cm³/mol. The van der Waals surface area contributed by atoms with Crippen LogP contribution in [-0.4, -0.2) is 26.5 Å². The molecule has 0 saturated heterocycles. The smallest absolute Gasteiger partial charge is 0.231 e. The van der Waals surface area contributed by atoms with Crippen LogP contribution in [0.3, 0.4) is 0 Å². The minimum absolute atomic E-state index is 0.143. The Balaban J connectivity index is 1.70. The van der Waals surface area contributed by atoms with E-state index in [0.717, 1.165) is 30.3 Å². The topological polar surface area (TPSA) is 30.9 Å². The predicted octanol–water partition coefficient (Wildman–Crippen LogP) is 3.10. The number of benzene rings is 2. The van der Waals surface area contributed by atoms with E-state index in [1.165, 1.54) is 16.8 Å². The highest BCUT2D eigenvalue weighted by Crippen LogP contribution is 2.54. The molecule has 116 valence electrons. The SMILES string of the molecule is C=CCN1CC2(COc3cc4c(cc32)OCO4)c2ccccc21. The molecule has 4 nitrogen and oxygen atoms in total. The lowest BCUT2D eigenvalue weighted by Gasteiger charge is -2.24. The van der Waals surface area contributed by atoms with E-state index in [4.69, 9.17) is 14.2 Å². The van der Waals surface area contributed by atoms with Crippen LogP contribution in [-0.2, 0) is 5.41 Å². The molecule has 0 N–H and O–H groups in total. The Morgan fingerprint density at radius 2 is 1.87 bits per heavy atom. The van der Waals surface area contributed by atoms with Crippen LogP contribution in [0.4, 0.5) is 5.69 Å². The van der Waals surface area contributed by atoms with Gasteiger partial charge < -0.3 is 19.1 Å². The van der Waals surface area contributed by atoms with Crippen LogP contribution in [0, 0.1) is 0 Å². The molecule has 0 fully saturated rings. The number of ether oxygens (including phenoxy) is 3. The summed E-state index contributed by atoms with van der Waals surface area (Å²) in [4.78, 5) is 2.37. The molecule has 0 bridgehead atoms. The van der Waals surface area contributed by atoms with E-state index in [0.29, 0.717) is 6.61 Å². The van der Waals surface area contributed by atoms with Crippen LogP contribution in [0.2, 0.25) is 0 Å². The van der Waals surface area contributed by atoms with Crippen molar-refractivity contribution in [3.05, 3.63) is 60.2 Å². The van der Waals surface area contributed by atoms with Gasteiger partial charge in [-0.1, -0.05) is 24.3 Å². The summed E-state index contributed by atoms with van der Waals surface area (Å²) >= 11 is 0. The first kappa shape index (κ1) is 12.9. The molecule has 1 atom stereocenters. The average Bonchev–Trinajstić information content (AvgIpc) is 3.25. The summed E-state index contributed by atoms with van der Waals surface area (Å²) in [5.74, 6) is 2.49. The van der Waals surface area contributed by atoms with Crippen molar-refractivity contribution in [2.24, 2.45) is 0 Å². The van der Waals surface area contributed by atoms with Gasteiger partial charge in [0, 0.05) is 30.4 Å². The highest BCUT2D eigenvalue weighted by molar-refractivity contribution is 5.71. The van der Waals surface area contributed by atoms with Crippen molar-refractivity contribution >= 4 is 5.69 Å². The summed E-state index contributed by atoms with van der Waals surface area (Å²) in [5.41, 5.74) is 3.64. The van der Waals surface area contributed by atoms with Gasteiger partial charge in [-0.05, 0) is 17.7 Å². The van der Waals surface area contributed by atoms with Crippen LogP contribution in [0.1, 0.15) is 11.1 Å². The number of anilines is 1. The fraction of sp³-hybridized carbons (Fsp3) is 0.263. The first-order valence-corrected chi connectivity index (χ1v) is 7.84. The van der Waals surface area contributed by atoms with Gasteiger partial charge in [-0.25, -0.2) is 0 Å². The van der Waals surface area contributed by atoms with Crippen molar-refractivity contribution in [3.63, 3.8) is 0 Å². The molecule has 3 heterocycles. The summed E-state index contributed by atoms with van der Waals surface area (Å²) < 4.78 is 17.1. The van der Waals surface area contributed by atoms with Crippen molar-refractivity contribution in [2.75, 3.05) is 31.4 Å². The monoisotopic (exact) mass is 307 g/mol. The minimum atomic E-state index is -0.143. The van der Waals surface area contributed by atoms with Crippen LogP contribution in [0.5, 0.6) is 17.2 Å². The van der Waals surface area contributed by atoms with Gasteiger partial charge in [0.15, 0.2) is 11.5 Å². The molecular weight excluding hydrogens is 290 g/mol. The molecule has 2 aromatic rings. The molecular formula is C19H17NO3. The molecule has 3 aliphatic rings. The highest BCUT2D eigenvalue weighted by atomic mass is 16.7. The van der Waals surface area contributed by atoms with Crippen molar-refractivity contribution < 1.29 is 14.2 Å². The number of hydrogen-bond donors (Lipinski definition) is 0. The van der Waals surface area contributed by atoms with E-state index in [2.05, 4.69) is 41.8 Å². The van der Waals surface area contributed by atoms with Gasteiger partial charge in [0.05, 0.1) is 5.41 Å². The zero-order chi connectivity index (χ0) is 15.4. The van der Waals surface area contributed by atoms with Gasteiger partial charge in [0.25, 0.3) is 0 Å². The summed E-state index contributed by atoms with van der Waals surface area (Å²) in [5, 5.41) is 0. The largest absolute Gasteiger partial charge is 0.492 e. The second-order valence-electron chi connectivity index (χ2n) is 6.26. The Hall–Kier alpha value is -2.62. The summed E-state index contributed by atoms with van der Waals surface area (Å²) in [7, 11) is 0. The minimum Gasteiger partial charge on any atom is -0.492 e. The van der Waals surface area contributed by atoms with Crippen molar-refractivity contribution in [1.82, 2.24) is 0 Å². The second-order valence-corrected chi connectivity index (χ2v) is 6.26. The fourth-order valence-corrected chi connectivity index (χ4v) is 4.02. The number of rotatable bonds is 2. The maximum Gasteiger partial charge on any atom is 0.231 e. The Labute approximate surface area is 134 Å². The lowest BCUT2D eigenvalue weighted by Crippen LogP contribution is -2.36. The molecule has 0 saturated carbocycles. The molecule has 0 aliphatic carbocycles. The number of hydrogen-bond acceptors (Lipinski definition) is 4. The van der Waals surface area contributed by atoms with Gasteiger partial charge in [-0.15, -0.1) is 6.58 Å². The quantitative estimate of drug-likeness (QED) is 0.798. The third-order valence-corrected chi connectivity index (χ3v) is 5.03.